The maximum absolute atomic E-state index is 12.5. The zero-order valence-corrected chi connectivity index (χ0v) is 16.2. The van der Waals surface area contributed by atoms with Gasteiger partial charge >= 0.3 is 12.1 Å². The Balaban J connectivity index is 1.66. The minimum absolute atomic E-state index is 0.0156. The van der Waals surface area contributed by atoms with Crippen molar-refractivity contribution in [1.82, 2.24) is 14.9 Å². The minimum Gasteiger partial charge on any atom is -0.329 e. The lowest BCUT2D eigenvalue weighted by molar-refractivity contribution is -0.159. The van der Waals surface area contributed by atoms with E-state index in [9.17, 15) is 21.6 Å². The van der Waals surface area contributed by atoms with Gasteiger partial charge in [0.2, 0.25) is 10.0 Å². The van der Waals surface area contributed by atoms with Crippen molar-refractivity contribution in [3.63, 3.8) is 0 Å². The Morgan fingerprint density at radius 3 is 2.40 bits per heavy atom. The molecule has 0 unspecified atom stereocenters. The molecule has 0 amide bonds. The predicted octanol–water partition coefficient (Wildman–Crippen LogP) is 4.25. The van der Waals surface area contributed by atoms with Crippen molar-refractivity contribution in [3.05, 3.63) is 83.5 Å². The zero-order valence-electron chi connectivity index (χ0n) is 15.4. The summed E-state index contributed by atoms with van der Waals surface area (Å²) in [5.41, 5.74) is 1.38. The molecule has 0 aliphatic carbocycles. The van der Waals surface area contributed by atoms with Crippen molar-refractivity contribution in [3.8, 4) is 0 Å². The highest BCUT2D eigenvalue weighted by Gasteiger charge is 2.38. The number of nitrogens with one attached hydrogen (secondary N) is 1. The van der Waals surface area contributed by atoms with Gasteiger partial charge in [0.05, 0.1) is 4.90 Å². The van der Waals surface area contributed by atoms with Crippen LogP contribution in [0.15, 0.2) is 70.1 Å². The van der Waals surface area contributed by atoms with Crippen LogP contribution in [0.25, 0.3) is 18.2 Å². The maximum Gasteiger partial charge on any atom is 0.471 e. The van der Waals surface area contributed by atoms with E-state index in [1.54, 1.807) is 18.2 Å². The second-order valence-corrected chi connectivity index (χ2v) is 7.79. The molecule has 1 aromatic heterocycles. The number of nitrogens with zero attached hydrogens (tertiary/aromatic N) is 2. The third-order valence-corrected chi connectivity index (χ3v) is 5.20. The lowest BCUT2D eigenvalue weighted by Crippen LogP contribution is -2.23. The van der Waals surface area contributed by atoms with Crippen LogP contribution in [0.3, 0.4) is 0 Å². The molecule has 1 heterocycles. The molecule has 30 heavy (non-hydrogen) atoms. The number of aromatic nitrogens is 2. The van der Waals surface area contributed by atoms with E-state index in [0.29, 0.717) is 5.56 Å². The van der Waals surface area contributed by atoms with Crippen molar-refractivity contribution >= 4 is 28.3 Å². The molecule has 2 aromatic carbocycles. The van der Waals surface area contributed by atoms with Crippen LogP contribution in [0.5, 0.6) is 0 Å². The fourth-order valence-corrected chi connectivity index (χ4v) is 3.41. The first-order chi connectivity index (χ1) is 14.2. The van der Waals surface area contributed by atoms with Gasteiger partial charge < -0.3 is 4.52 Å². The first kappa shape index (κ1) is 21.5. The first-order valence-corrected chi connectivity index (χ1v) is 10.1. The zero-order chi connectivity index (χ0) is 21.6. The van der Waals surface area contributed by atoms with E-state index in [1.165, 1.54) is 30.4 Å². The van der Waals surface area contributed by atoms with E-state index in [1.807, 2.05) is 30.3 Å². The number of hydrogen-bond donors (Lipinski definition) is 1. The maximum atomic E-state index is 12.5. The van der Waals surface area contributed by atoms with Crippen LogP contribution in [0.4, 0.5) is 13.2 Å². The lowest BCUT2D eigenvalue weighted by atomic mass is 10.2. The number of halogens is 3. The molecule has 6 nitrogen and oxygen atoms in total. The Labute approximate surface area is 170 Å². The van der Waals surface area contributed by atoms with E-state index in [0.717, 1.165) is 5.56 Å². The second kappa shape index (κ2) is 9.06. The molecule has 1 N–H and O–H groups in total. The highest BCUT2D eigenvalue weighted by molar-refractivity contribution is 7.89. The molecule has 156 valence electrons. The van der Waals surface area contributed by atoms with E-state index in [4.69, 9.17) is 0 Å². The van der Waals surface area contributed by atoms with Crippen LogP contribution in [0, 0.1) is 0 Å². The summed E-state index contributed by atoms with van der Waals surface area (Å²) in [6, 6.07) is 15.3. The monoisotopic (exact) mass is 435 g/mol. The van der Waals surface area contributed by atoms with Crippen LogP contribution in [-0.2, 0) is 16.2 Å². The molecule has 0 atom stereocenters. The summed E-state index contributed by atoms with van der Waals surface area (Å²) in [5, 5.41) is 3.21. The Morgan fingerprint density at radius 2 is 1.70 bits per heavy atom. The van der Waals surface area contributed by atoms with Gasteiger partial charge in [-0.15, -0.1) is 0 Å². The van der Waals surface area contributed by atoms with Crippen LogP contribution >= 0.6 is 0 Å². The van der Waals surface area contributed by atoms with E-state index in [2.05, 4.69) is 19.4 Å². The summed E-state index contributed by atoms with van der Waals surface area (Å²) in [6.45, 7) is 0.0976. The Kier molecular flexibility index (Phi) is 6.48. The van der Waals surface area contributed by atoms with Gasteiger partial charge in [-0.1, -0.05) is 65.8 Å². The number of hydrogen-bond acceptors (Lipinski definition) is 5. The van der Waals surface area contributed by atoms with Gasteiger partial charge in [0.15, 0.2) is 5.82 Å². The third-order valence-electron chi connectivity index (χ3n) is 3.78. The van der Waals surface area contributed by atoms with E-state index >= 15 is 0 Å². The summed E-state index contributed by atoms with van der Waals surface area (Å²) in [7, 11) is -3.77. The van der Waals surface area contributed by atoms with Gasteiger partial charge in [0, 0.05) is 6.54 Å². The number of alkyl halides is 3. The van der Waals surface area contributed by atoms with Crippen LogP contribution in [0.2, 0.25) is 0 Å². The van der Waals surface area contributed by atoms with Crippen molar-refractivity contribution < 1.29 is 26.1 Å². The standard InChI is InChI=1S/C20H16F3N3O3S/c21-20(22,23)19-25-18(26-29-19)12-11-16-8-4-10-17(14-16)30(27,28)24-13-5-9-15-6-2-1-3-7-15/h1-12,14,24H,13H2. The minimum atomic E-state index is -4.73. The molecule has 10 heteroatoms. The summed E-state index contributed by atoms with van der Waals surface area (Å²) in [6.07, 6.45) is 1.33. The van der Waals surface area contributed by atoms with E-state index in [-0.39, 0.29) is 17.3 Å². The highest BCUT2D eigenvalue weighted by Crippen LogP contribution is 2.27. The summed E-state index contributed by atoms with van der Waals surface area (Å²) < 4.78 is 68.9. The van der Waals surface area contributed by atoms with Crippen molar-refractivity contribution in [2.75, 3.05) is 6.54 Å². The fraction of sp³-hybridized carbons (Fsp3) is 0.100. The van der Waals surface area contributed by atoms with Gasteiger partial charge in [0.25, 0.3) is 0 Å². The van der Waals surface area contributed by atoms with Crippen LogP contribution in [0.1, 0.15) is 22.8 Å². The van der Waals surface area contributed by atoms with Crippen LogP contribution < -0.4 is 4.72 Å². The van der Waals surface area contributed by atoms with Crippen molar-refractivity contribution in [2.45, 2.75) is 11.1 Å². The molecule has 0 fully saturated rings. The molecule has 0 saturated carbocycles. The van der Waals surface area contributed by atoms with E-state index < -0.39 is 22.1 Å². The summed E-state index contributed by atoms with van der Waals surface area (Å²) in [5.74, 6) is -1.73. The molecular weight excluding hydrogens is 419 g/mol. The summed E-state index contributed by atoms with van der Waals surface area (Å²) in [4.78, 5) is 3.23. The molecule has 0 spiro atoms. The molecule has 0 aliphatic heterocycles. The molecule has 0 bridgehead atoms. The number of rotatable bonds is 7. The first-order valence-electron chi connectivity index (χ1n) is 8.64. The number of sulfonamides is 1. The average Bonchev–Trinajstić information content (AvgIpc) is 3.20. The molecule has 0 aliphatic rings. The molecule has 0 saturated heterocycles. The van der Waals surface area contributed by atoms with Gasteiger partial charge in [-0.25, -0.2) is 13.1 Å². The Morgan fingerprint density at radius 1 is 0.967 bits per heavy atom. The third kappa shape index (κ3) is 5.88. The quantitative estimate of drug-likeness (QED) is 0.600. The van der Waals surface area contributed by atoms with Crippen molar-refractivity contribution in [1.29, 1.82) is 0 Å². The number of benzene rings is 2. The smallest absolute Gasteiger partial charge is 0.329 e. The van der Waals surface area contributed by atoms with Gasteiger partial charge in [-0.2, -0.15) is 18.2 Å². The van der Waals surface area contributed by atoms with Gasteiger partial charge in [-0.3, -0.25) is 0 Å². The molecular formula is C20H16F3N3O3S. The molecule has 3 aromatic rings. The average molecular weight is 435 g/mol. The van der Waals surface area contributed by atoms with Crippen LogP contribution in [-0.4, -0.2) is 25.1 Å². The SMILES string of the molecule is O=S(=O)(NCC=Cc1ccccc1)c1cccc(C=Cc2noc(C(F)(F)F)n2)c1. The lowest BCUT2D eigenvalue weighted by Gasteiger charge is -2.05. The van der Waals surface area contributed by atoms with Crippen molar-refractivity contribution in [2.24, 2.45) is 0 Å². The summed E-state index contributed by atoms with van der Waals surface area (Å²) >= 11 is 0. The predicted molar refractivity (Wildman–Crippen MR) is 105 cm³/mol. The normalized spacial score (nSPS) is 12.8. The molecule has 3 rings (SSSR count). The largest absolute Gasteiger partial charge is 0.471 e. The fourth-order valence-electron chi connectivity index (χ4n) is 2.37. The van der Waals surface area contributed by atoms with Gasteiger partial charge in [-0.05, 0) is 29.3 Å². The Bertz CT molecular complexity index is 1150. The topological polar surface area (TPSA) is 85.1 Å². The highest BCUT2D eigenvalue weighted by atomic mass is 32.2. The van der Waals surface area contributed by atoms with Gasteiger partial charge in [0.1, 0.15) is 0 Å². The molecule has 0 radical (unpaired) electrons. The second-order valence-electron chi connectivity index (χ2n) is 6.03. The Hall–Kier alpha value is -3.24.